The lowest BCUT2D eigenvalue weighted by atomic mass is 9.89. The molecule has 444 valence electrons. The second-order valence-electron chi connectivity index (χ2n) is 24.7. The van der Waals surface area contributed by atoms with Gasteiger partial charge in [-0.3, -0.25) is 0 Å². The molecule has 0 radical (unpaired) electrons. The Morgan fingerprint density at radius 1 is 0.271 bits per heavy atom. The first kappa shape index (κ1) is 55.4. The second-order valence-corrected chi connectivity index (χ2v) is 24.7. The highest BCUT2D eigenvalue weighted by Gasteiger charge is 2.27. The van der Waals surface area contributed by atoms with Crippen molar-refractivity contribution in [3.8, 4) is 91.5 Å². The molecule has 17 aromatic rings. The van der Waals surface area contributed by atoms with Crippen molar-refractivity contribution in [3.05, 3.63) is 324 Å². The molecule has 8 nitrogen and oxygen atoms in total. The molecule has 0 saturated carbocycles. The van der Waals surface area contributed by atoms with E-state index in [0.29, 0.717) is 22.3 Å². The van der Waals surface area contributed by atoms with E-state index in [1.807, 2.05) is 54.6 Å². The molecule has 0 amide bonds. The summed E-state index contributed by atoms with van der Waals surface area (Å²) in [5.41, 5.74) is 25.3. The van der Waals surface area contributed by atoms with Gasteiger partial charge in [0.05, 0.1) is 96.1 Å². The predicted molar refractivity (Wildman–Crippen MR) is 390 cm³/mol. The summed E-state index contributed by atoms with van der Waals surface area (Å²) in [5, 5.41) is 50.7. The molecule has 0 unspecified atom stereocenters. The third-order valence-electron chi connectivity index (χ3n) is 19.7. The SMILES string of the molecule is N#Cc1ccc2c3ccccc3n(-c3ccc(-c4ccc(-c5ccccc5-n5c6c(c7ccccc75)CCC(c5cc(C#N)c7c(c5)c5ccccc5n7-c5ccc(-c7ccc(-c8ccccc8-n8c9ccccc9c9ccccc98)c(C#N)c7)cc5)=C6)c(C#N)c4)cc3)c2c1. The molecular weight excluding hydrogens is 1170 g/mol. The standard InChI is InChI=1S/C88H52N8/c89-51-55-29-41-76-73-19-3-8-22-79(73)93(86(76)45-55)65-37-30-56(31-38-65)58-35-43-68(63(46-58)53-91)70-16-2-11-25-82(70)96-85-28-14-6-20-74(85)77-44-36-60(50-87(77)96)61-48-64(54-92)88-78(49-61)75-21-7-9-23-80(75)94(88)66-39-32-57(33-40-66)59-34-42-67(62(47-59)52-90)69-15-1-10-24-81(69)95-83-26-12-4-17-71(83)72-18-5-13-27-84(72)95/h1-35,37-43,45-50H,36,44H2. The molecule has 0 N–H and O–H groups in total. The van der Waals surface area contributed by atoms with Gasteiger partial charge in [0.25, 0.3) is 0 Å². The number of hydrogen-bond donors (Lipinski definition) is 0. The highest BCUT2D eigenvalue weighted by Crippen LogP contribution is 2.45. The Labute approximate surface area is 552 Å². The number of aryl methyl sites for hydroxylation is 1. The highest BCUT2D eigenvalue weighted by molar-refractivity contribution is 6.14. The van der Waals surface area contributed by atoms with Crippen LogP contribution in [0.5, 0.6) is 0 Å². The Kier molecular flexibility index (Phi) is 12.8. The molecular formula is C88H52N8. The highest BCUT2D eigenvalue weighted by atomic mass is 15.0. The topological polar surface area (TPSA) is 115 Å². The van der Waals surface area contributed by atoms with E-state index in [2.05, 4.69) is 279 Å². The lowest BCUT2D eigenvalue weighted by molar-refractivity contribution is 0.981. The largest absolute Gasteiger partial charge is 0.309 e. The van der Waals surface area contributed by atoms with Crippen LogP contribution >= 0.6 is 0 Å². The molecule has 0 spiro atoms. The van der Waals surface area contributed by atoms with Crippen molar-refractivity contribution >= 4 is 88.0 Å². The summed E-state index contributed by atoms with van der Waals surface area (Å²) in [6, 6.07) is 109. The van der Waals surface area contributed by atoms with Gasteiger partial charge in [0.2, 0.25) is 0 Å². The van der Waals surface area contributed by atoms with Crippen molar-refractivity contribution in [2.24, 2.45) is 0 Å². The van der Waals surface area contributed by atoms with Gasteiger partial charge in [0.1, 0.15) is 6.07 Å². The molecule has 4 heterocycles. The van der Waals surface area contributed by atoms with Crippen molar-refractivity contribution in [1.82, 2.24) is 18.3 Å². The number of hydrogen-bond acceptors (Lipinski definition) is 4. The van der Waals surface area contributed by atoms with E-state index in [4.69, 9.17) is 0 Å². The summed E-state index contributed by atoms with van der Waals surface area (Å²) in [5.74, 6) is 0. The van der Waals surface area contributed by atoms with Crippen LogP contribution in [0.3, 0.4) is 0 Å². The number of nitrogens with zero attached hydrogens (tertiary/aromatic N) is 8. The van der Waals surface area contributed by atoms with E-state index < -0.39 is 0 Å². The number of para-hydroxylation sites is 7. The third kappa shape index (κ3) is 8.58. The van der Waals surface area contributed by atoms with Gasteiger partial charge in [-0.15, -0.1) is 0 Å². The first-order valence-corrected chi connectivity index (χ1v) is 32.2. The molecule has 0 atom stereocenters. The molecule has 4 aromatic heterocycles. The minimum absolute atomic E-state index is 0.568. The molecule has 0 bridgehead atoms. The van der Waals surface area contributed by atoms with E-state index in [0.717, 1.165) is 157 Å². The summed E-state index contributed by atoms with van der Waals surface area (Å²) in [6.45, 7) is 0. The smallest absolute Gasteiger partial charge is 0.101 e. The van der Waals surface area contributed by atoms with Crippen molar-refractivity contribution in [2.45, 2.75) is 12.8 Å². The number of rotatable bonds is 9. The summed E-state index contributed by atoms with van der Waals surface area (Å²) in [6.07, 6.45) is 3.90. The van der Waals surface area contributed by atoms with Gasteiger partial charge in [-0.25, -0.2) is 0 Å². The first-order valence-electron chi connectivity index (χ1n) is 32.2. The maximum Gasteiger partial charge on any atom is 0.101 e. The lowest BCUT2D eigenvalue weighted by Gasteiger charge is -2.20. The predicted octanol–water partition coefficient (Wildman–Crippen LogP) is 21.6. The average molecular weight is 1220 g/mol. The normalized spacial score (nSPS) is 12.1. The van der Waals surface area contributed by atoms with Crippen LogP contribution in [0.1, 0.15) is 45.5 Å². The van der Waals surface area contributed by atoms with Crippen molar-refractivity contribution in [2.75, 3.05) is 0 Å². The zero-order valence-electron chi connectivity index (χ0n) is 51.7. The van der Waals surface area contributed by atoms with E-state index in [-0.39, 0.29) is 0 Å². The third-order valence-corrected chi connectivity index (χ3v) is 19.7. The van der Waals surface area contributed by atoms with Crippen LogP contribution in [-0.4, -0.2) is 18.3 Å². The lowest BCUT2D eigenvalue weighted by Crippen LogP contribution is -2.05. The number of allylic oxidation sites excluding steroid dienone is 1. The van der Waals surface area contributed by atoms with Gasteiger partial charge in [-0.05, 0) is 161 Å². The van der Waals surface area contributed by atoms with Gasteiger partial charge in [0.15, 0.2) is 0 Å². The summed E-state index contributed by atoms with van der Waals surface area (Å²) in [7, 11) is 0. The van der Waals surface area contributed by atoms with Crippen LogP contribution < -0.4 is 0 Å². The van der Waals surface area contributed by atoms with Crippen molar-refractivity contribution in [1.29, 1.82) is 21.0 Å². The number of fused-ring (bicyclic) bond motifs is 12. The van der Waals surface area contributed by atoms with Crippen LogP contribution in [0.15, 0.2) is 285 Å². The summed E-state index contributed by atoms with van der Waals surface area (Å²) < 4.78 is 9.10. The minimum Gasteiger partial charge on any atom is -0.309 e. The van der Waals surface area contributed by atoms with Gasteiger partial charge >= 0.3 is 0 Å². The Morgan fingerprint density at radius 3 is 1.24 bits per heavy atom. The average Bonchev–Trinajstić information content (AvgIpc) is 1.59. The van der Waals surface area contributed by atoms with E-state index >= 15 is 0 Å². The fraction of sp³-hybridized carbons (Fsp3) is 0.0227. The summed E-state index contributed by atoms with van der Waals surface area (Å²) >= 11 is 0. The molecule has 96 heavy (non-hydrogen) atoms. The molecule has 8 heteroatoms. The molecule has 0 saturated heterocycles. The van der Waals surface area contributed by atoms with Gasteiger partial charge in [0, 0.05) is 71.3 Å². The van der Waals surface area contributed by atoms with Crippen molar-refractivity contribution in [3.63, 3.8) is 0 Å². The maximum absolute atomic E-state index is 11.3. The van der Waals surface area contributed by atoms with E-state index in [1.54, 1.807) is 0 Å². The number of aromatic nitrogens is 4. The van der Waals surface area contributed by atoms with Gasteiger partial charge in [-0.2, -0.15) is 21.0 Å². The monoisotopic (exact) mass is 1220 g/mol. The Morgan fingerprint density at radius 2 is 0.698 bits per heavy atom. The molecule has 0 aliphatic heterocycles. The fourth-order valence-corrected chi connectivity index (χ4v) is 15.4. The number of nitriles is 4. The Balaban J connectivity index is 0.684. The van der Waals surface area contributed by atoms with Crippen LogP contribution in [0, 0.1) is 45.3 Å². The minimum atomic E-state index is 0.568. The molecule has 0 fully saturated rings. The molecule has 18 rings (SSSR count). The maximum atomic E-state index is 11.3. The van der Waals surface area contributed by atoms with E-state index in [9.17, 15) is 21.0 Å². The molecule has 1 aliphatic rings. The molecule has 13 aromatic carbocycles. The Bertz CT molecular complexity index is 6320. The first-order chi connectivity index (χ1) is 47.4. The van der Waals surface area contributed by atoms with Crippen LogP contribution in [0.25, 0.3) is 155 Å². The number of benzene rings is 13. The van der Waals surface area contributed by atoms with Crippen molar-refractivity contribution < 1.29 is 0 Å². The summed E-state index contributed by atoms with van der Waals surface area (Å²) in [4.78, 5) is 0. The second kappa shape index (κ2) is 22.1. The fourth-order valence-electron chi connectivity index (χ4n) is 15.4. The zero-order valence-corrected chi connectivity index (χ0v) is 51.7. The quantitative estimate of drug-likeness (QED) is 0.143. The van der Waals surface area contributed by atoms with Crippen LogP contribution in [0.4, 0.5) is 0 Å². The molecule has 1 aliphatic carbocycles. The Hall–Kier alpha value is -13.5. The van der Waals surface area contributed by atoms with Gasteiger partial charge in [-0.1, -0.05) is 182 Å². The van der Waals surface area contributed by atoms with Crippen LogP contribution in [0.2, 0.25) is 0 Å². The zero-order chi connectivity index (χ0) is 64.1. The van der Waals surface area contributed by atoms with Crippen LogP contribution in [-0.2, 0) is 6.42 Å². The van der Waals surface area contributed by atoms with Gasteiger partial charge < -0.3 is 18.3 Å². The van der Waals surface area contributed by atoms with E-state index in [1.165, 1.54) is 21.7 Å².